The molecule has 0 nitrogen and oxygen atoms in total. The summed E-state index contributed by atoms with van der Waals surface area (Å²) in [5.41, 5.74) is -0.561. The molecular weight excluding hydrogens is 191 g/mol. The van der Waals surface area contributed by atoms with Crippen LogP contribution >= 0.6 is 0 Å². The highest BCUT2D eigenvalue weighted by Crippen LogP contribution is 2.25. The van der Waals surface area contributed by atoms with Crippen LogP contribution in [0.1, 0.15) is 11.7 Å². The maximum Gasteiger partial charge on any atom is 0.273 e. The van der Waals surface area contributed by atoms with Gasteiger partial charge in [0.05, 0.1) is 0 Å². The van der Waals surface area contributed by atoms with Crippen LogP contribution in [0.3, 0.4) is 0 Å². The molecule has 0 aliphatic carbocycles. The molecule has 0 aliphatic heterocycles. The number of rotatable bonds is 2. The molecule has 0 radical (unpaired) electrons. The summed E-state index contributed by atoms with van der Waals surface area (Å²) in [6.45, 7) is 0. The number of hydrogen-bond acceptors (Lipinski definition) is 0. The highest BCUT2D eigenvalue weighted by molar-refractivity contribution is 5.20. The number of halogens is 5. The van der Waals surface area contributed by atoms with E-state index in [1.54, 1.807) is 0 Å². The topological polar surface area (TPSA) is 0 Å². The van der Waals surface area contributed by atoms with Crippen molar-refractivity contribution in [3.63, 3.8) is 0 Å². The van der Waals surface area contributed by atoms with Crippen molar-refractivity contribution >= 4 is 0 Å². The van der Waals surface area contributed by atoms with Gasteiger partial charge in [0.2, 0.25) is 0 Å². The second-order valence-electron chi connectivity index (χ2n) is 2.41. The molecule has 13 heavy (non-hydrogen) atoms. The Kier molecular flexibility index (Phi) is 2.85. The molecule has 1 unspecified atom stereocenters. The van der Waals surface area contributed by atoms with Crippen molar-refractivity contribution in [1.82, 2.24) is 0 Å². The molecule has 0 aromatic heterocycles. The summed E-state index contributed by atoms with van der Waals surface area (Å²) in [5.74, 6) is -2.52. The van der Waals surface area contributed by atoms with E-state index in [4.69, 9.17) is 0 Å². The average molecular weight is 196 g/mol. The van der Waals surface area contributed by atoms with Crippen LogP contribution in [0.5, 0.6) is 0 Å². The van der Waals surface area contributed by atoms with Crippen LogP contribution in [0.15, 0.2) is 18.2 Å². The zero-order valence-electron chi connectivity index (χ0n) is 6.28. The minimum atomic E-state index is -3.23. The molecule has 1 rings (SSSR count). The third-order valence-electron chi connectivity index (χ3n) is 1.48. The van der Waals surface area contributed by atoms with Gasteiger partial charge in [-0.25, -0.2) is 22.0 Å². The van der Waals surface area contributed by atoms with Crippen LogP contribution in [0.4, 0.5) is 22.0 Å². The maximum absolute atomic E-state index is 12.5. The zero-order valence-corrected chi connectivity index (χ0v) is 6.28. The maximum atomic E-state index is 12.5. The van der Waals surface area contributed by atoms with E-state index in [-0.39, 0.29) is 0 Å². The van der Waals surface area contributed by atoms with Crippen LogP contribution in [0.25, 0.3) is 0 Å². The molecule has 0 saturated heterocycles. The molecule has 1 aromatic carbocycles. The fourth-order valence-corrected chi connectivity index (χ4v) is 0.829. The van der Waals surface area contributed by atoms with E-state index in [0.717, 1.165) is 6.07 Å². The largest absolute Gasteiger partial charge is 0.273 e. The molecule has 1 aromatic rings. The lowest BCUT2D eigenvalue weighted by Gasteiger charge is -2.06. The van der Waals surface area contributed by atoms with Gasteiger partial charge in [-0.2, -0.15) is 0 Å². The van der Waals surface area contributed by atoms with Crippen LogP contribution in [-0.4, -0.2) is 6.43 Å². The van der Waals surface area contributed by atoms with Crippen molar-refractivity contribution in [3.8, 4) is 0 Å². The Hall–Kier alpha value is -1.13. The highest BCUT2D eigenvalue weighted by Gasteiger charge is 2.22. The zero-order chi connectivity index (χ0) is 10.0. The Morgan fingerprint density at radius 2 is 1.54 bits per heavy atom. The molecule has 72 valence electrons. The summed E-state index contributed by atoms with van der Waals surface area (Å²) in [6.07, 6.45) is -5.81. The fourth-order valence-electron chi connectivity index (χ4n) is 0.829. The summed E-state index contributed by atoms with van der Waals surface area (Å²) in [6, 6.07) is 1.82. The molecule has 1 atom stereocenters. The molecule has 0 bridgehead atoms. The van der Waals surface area contributed by atoms with E-state index in [1.165, 1.54) is 0 Å². The monoisotopic (exact) mass is 196 g/mol. The molecule has 5 heteroatoms. The molecule has 0 fully saturated rings. The van der Waals surface area contributed by atoms with Gasteiger partial charge in [0.15, 0.2) is 17.8 Å². The van der Waals surface area contributed by atoms with Gasteiger partial charge in [-0.05, 0) is 17.7 Å². The van der Waals surface area contributed by atoms with Gasteiger partial charge in [0.1, 0.15) is 0 Å². The Morgan fingerprint density at radius 1 is 0.923 bits per heavy atom. The van der Waals surface area contributed by atoms with E-state index in [9.17, 15) is 22.0 Å². The van der Waals surface area contributed by atoms with Gasteiger partial charge in [-0.3, -0.25) is 0 Å². The molecule has 0 amide bonds. The third kappa shape index (κ3) is 2.17. The first kappa shape index (κ1) is 9.95. The summed E-state index contributed by atoms with van der Waals surface area (Å²) < 4.78 is 60.7. The van der Waals surface area contributed by atoms with Crippen molar-refractivity contribution in [3.05, 3.63) is 35.4 Å². The molecule has 0 spiro atoms. The summed E-state index contributed by atoms with van der Waals surface area (Å²) in [5, 5.41) is 0. The first-order valence-electron chi connectivity index (χ1n) is 3.39. The van der Waals surface area contributed by atoms with E-state index >= 15 is 0 Å². The summed E-state index contributed by atoms with van der Waals surface area (Å²) in [7, 11) is 0. The Bertz CT molecular complexity index is 297. The second kappa shape index (κ2) is 3.72. The van der Waals surface area contributed by atoms with E-state index < -0.39 is 29.8 Å². The normalized spacial score (nSPS) is 13.4. The standard InChI is InChI=1S/C8H5F5/c9-5-2-1-4(3-6(5)10)7(11)8(12)13/h1-3,7-8H. The van der Waals surface area contributed by atoms with Gasteiger partial charge < -0.3 is 0 Å². The molecule has 0 heterocycles. The van der Waals surface area contributed by atoms with Crippen molar-refractivity contribution in [2.75, 3.05) is 0 Å². The van der Waals surface area contributed by atoms with Gasteiger partial charge in [-0.15, -0.1) is 0 Å². The second-order valence-corrected chi connectivity index (χ2v) is 2.41. The van der Waals surface area contributed by atoms with Crippen molar-refractivity contribution in [2.45, 2.75) is 12.6 Å². The molecule has 0 saturated carbocycles. The van der Waals surface area contributed by atoms with Gasteiger partial charge in [0, 0.05) is 0 Å². The summed E-state index contributed by atoms with van der Waals surface area (Å²) in [4.78, 5) is 0. The molecule has 0 aliphatic rings. The van der Waals surface area contributed by atoms with Gasteiger partial charge >= 0.3 is 0 Å². The van der Waals surface area contributed by atoms with E-state index in [1.807, 2.05) is 0 Å². The lowest BCUT2D eigenvalue weighted by molar-refractivity contribution is 0.0493. The van der Waals surface area contributed by atoms with Crippen molar-refractivity contribution < 1.29 is 22.0 Å². The Balaban J connectivity index is 2.97. The van der Waals surface area contributed by atoms with E-state index in [0.29, 0.717) is 12.1 Å². The quantitative estimate of drug-likeness (QED) is 0.637. The minimum Gasteiger partial charge on any atom is -0.236 e. The Labute approximate surface area is 71.0 Å². The molecule has 0 N–H and O–H groups in total. The van der Waals surface area contributed by atoms with Gasteiger partial charge in [0.25, 0.3) is 6.43 Å². The predicted octanol–water partition coefficient (Wildman–Crippen LogP) is 3.24. The SMILES string of the molecule is Fc1ccc(C(F)C(F)F)cc1F. The number of alkyl halides is 3. The smallest absolute Gasteiger partial charge is 0.236 e. The van der Waals surface area contributed by atoms with Crippen LogP contribution < -0.4 is 0 Å². The Morgan fingerprint density at radius 3 is 2.00 bits per heavy atom. The van der Waals surface area contributed by atoms with E-state index in [2.05, 4.69) is 0 Å². The highest BCUT2D eigenvalue weighted by atomic mass is 19.3. The first-order chi connectivity index (χ1) is 6.02. The first-order valence-corrected chi connectivity index (χ1v) is 3.39. The number of hydrogen-bond donors (Lipinski definition) is 0. The van der Waals surface area contributed by atoms with Crippen molar-refractivity contribution in [2.24, 2.45) is 0 Å². The van der Waals surface area contributed by atoms with Crippen LogP contribution in [-0.2, 0) is 0 Å². The lowest BCUT2D eigenvalue weighted by atomic mass is 10.1. The molecular formula is C8H5F5. The predicted molar refractivity (Wildman–Crippen MR) is 36.2 cm³/mol. The van der Waals surface area contributed by atoms with Crippen molar-refractivity contribution in [1.29, 1.82) is 0 Å². The average Bonchev–Trinajstić information content (AvgIpc) is 2.08. The fraction of sp³-hybridized carbons (Fsp3) is 0.250. The van der Waals surface area contributed by atoms with Gasteiger partial charge in [-0.1, -0.05) is 6.07 Å². The van der Waals surface area contributed by atoms with Crippen LogP contribution in [0, 0.1) is 11.6 Å². The summed E-state index contributed by atoms with van der Waals surface area (Å²) >= 11 is 0. The third-order valence-corrected chi connectivity index (χ3v) is 1.48. The lowest BCUT2D eigenvalue weighted by Crippen LogP contribution is -2.03. The minimum absolute atomic E-state index is 0.423. The van der Waals surface area contributed by atoms with Crippen LogP contribution in [0.2, 0.25) is 0 Å². The number of benzene rings is 1.